The summed E-state index contributed by atoms with van der Waals surface area (Å²) in [5, 5.41) is 2.70. The Morgan fingerprint density at radius 3 is 2.19 bits per heavy atom. The van der Waals surface area contributed by atoms with Crippen LogP contribution in [0.25, 0.3) is 10.8 Å². The van der Waals surface area contributed by atoms with Gasteiger partial charge in [0.15, 0.2) is 0 Å². The molecule has 0 N–H and O–H groups in total. The molecule has 0 aliphatic carbocycles. The second-order valence-corrected chi connectivity index (χ2v) is 9.00. The van der Waals surface area contributed by atoms with Gasteiger partial charge in [-0.25, -0.2) is 4.99 Å². The molecule has 0 radical (unpaired) electrons. The molecule has 3 aromatic rings. The van der Waals surface area contributed by atoms with E-state index in [9.17, 15) is 0 Å². The third kappa shape index (κ3) is 2.86. The summed E-state index contributed by atoms with van der Waals surface area (Å²) in [6.07, 6.45) is 1.07. The van der Waals surface area contributed by atoms with E-state index in [2.05, 4.69) is 84.0 Å². The van der Waals surface area contributed by atoms with Crippen molar-refractivity contribution in [1.29, 1.82) is 0 Å². The second kappa shape index (κ2) is 5.81. The quantitative estimate of drug-likeness (QED) is 0.378. The summed E-state index contributed by atoms with van der Waals surface area (Å²) >= 11 is 0. The SMILES string of the molecule is Cc1cc(C)cc(C2=Nc3c(C)ccc4c(CC(C)(C)C)ccc2c34)c1. The fourth-order valence-corrected chi connectivity index (χ4v) is 4.16. The topological polar surface area (TPSA) is 12.4 Å². The zero-order chi connectivity index (χ0) is 18.6. The molecule has 0 atom stereocenters. The van der Waals surface area contributed by atoms with Crippen molar-refractivity contribution < 1.29 is 0 Å². The average molecular weight is 341 g/mol. The van der Waals surface area contributed by atoms with E-state index < -0.39 is 0 Å². The highest BCUT2D eigenvalue weighted by molar-refractivity contribution is 6.27. The van der Waals surface area contributed by atoms with Crippen LogP contribution in [0.3, 0.4) is 0 Å². The van der Waals surface area contributed by atoms with E-state index in [0.717, 1.165) is 17.8 Å². The van der Waals surface area contributed by atoms with Gasteiger partial charge in [-0.3, -0.25) is 0 Å². The highest BCUT2D eigenvalue weighted by Gasteiger charge is 2.24. The molecule has 0 fully saturated rings. The third-order valence-corrected chi connectivity index (χ3v) is 5.14. The third-order valence-electron chi connectivity index (χ3n) is 5.14. The zero-order valence-electron chi connectivity index (χ0n) is 16.7. The summed E-state index contributed by atoms with van der Waals surface area (Å²) in [4.78, 5) is 5.10. The molecule has 0 bridgehead atoms. The van der Waals surface area contributed by atoms with Gasteiger partial charge in [-0.2, -0.15) is 0 Å². The van der Waals surface area contributed by atoms with E-state index in [-0.39, 0.29) is 5.41 Å². The monoisotopic (exact) mass is 341 g/mol. The molecule has 0 saturated carbocycles. The molecule has 4 rings (SSSR count). The summed E-state index contributed by atoms with van der Waals surface area (Å²) in [5.41, 5.74) is 10.3. The van der Waals surface area contributed by atoms with Crippen molar-refractivity contribution in [2.24, 2.45) is 10.4 Å². The summed E-state index contributed by atoms with van der Waals surface area (Å²) in [6, 6.07) is 15.8. The first-order valence-electron chi connectivity index (χ1n) is 9.46. The molecular weight excluding hydrogens is 314 g/mol. The van der Waals surface area contributed by atoms with Crippen LogP contribution < -0.4 is 0 Å². The van der Waals surface area contributed by atoms with Crippen LogP contribution in [0.1, 0.15) is 54.2 Å². The lowest BCUT2D eigenvalue weighted by atomic mass is 9.84. The van der Waals surface area contributed by atoms with Gasteiger partial charge in [0.1, 0.15) is 0 Å². The summed E-state index contributed by atoms with van der Waals surface area (Å²) in [6.45, 7) is 13.4. The average Bonchev–Trinajstić information content (AvgIpc) is 2.91. The Morgan fingerprint density at radius 1 is 0.846 bits per heavy atom. The van der Waals surface area contributed by atoms with Crippen LogP contribution >= 0.6 is 0 Å². The van der Waals surface area contributed by atoms with Crippen molar-refractivity contribution in [1.82, 2.24) is 0 Å². The lowest BCUT2D eigenvalue weighted by Gasteiger charge is -2.20. The molecule has 26 heavy (non-hydrogen) atoms. The van der Waals surface area contributed by atoms with Gasteiger partial charge in [0.2, 0.25) is 0 Å². The first-order chi connectivity index (χ1) is 12.2. The number of aryl methyl sites for hydroxylation is 3. The molecule has 1 nitrogen and oxygen atoms in total. The van der Waals surface area contributed by atoms with Gasteiger partial charge in [-0.1, -0.05) is 62.2 Å². The van der Waals surface area contributed by atoms with E-state index >= 15 is 0 Å². The van der Waals surface area contributed by atoms with Crippen molar-refractivity contribution >= 4 is 22.2 Å². The van der Waals surface area contributed by atoms with Crippen molar-refractivity contribution in [3.63, 3.8) is 0 Å². The lowest BCUT2D eigenvalue weighted by molar-refractivity contribution is 0.412. The summed E-state index contributed by atoms with van der Waals surface area (Å²) in [5.74, 6) is 0. The van der Waals surface area contributed by atoms with Crippen LogP contribution in [-0.4, -0.2) is 5.71 Å². The van der Waals surface area contributed by atoms with Crippen LogP contribution in [0.15, 0.2) is 47.5 Å². The van der Waals surface area contributed by atoms with Gasteiger partial charge >= 0.3 is 0 Å². The number of nitrogens with zero attached hydrogens (tertiary/aromatic N) is 1. The van der Waals surface area contributed by atoms with Gasteiger partial charge in [0.25, 0.3) is 0 Å². The van der Waals surface area contributed by atoms with Crippen LogP contribution in [0.2, 0.25) is 0 Å². The Hall–Kier alpha value is -2.41. The molecule has 0 amide bonds. The number of rotatable bonds is 2. The van der Waals surface area contributed by atoms with Crippen molar-refractivity contribution in [2.75, 3.05) is 0 Å². The molecule has 132 valence electrons. The highest BCUT2D eigenvalue weighted by atomic mass is 14.8. The maximum atomic E-state index is 5.10. The van der Waals surface area contributed by atoms with Crippen molar-refractivity contribution in [3.05, 3.63) is 75.8 Å². The zero-order valence-corrected chi connectivity index (χ0v) is 16.7. The van der Waals surface area contributed by atoms with Gasteiger partial charge in [-0.15, -0.1) is 0 Å². The van der Waals surface area contributed by atoms with Gasteiger partial charge < -0.3 is 0 Å². The Balaban J connectivity index is 1.95. The number of aliphatic imine (C=N–C) groups is 1. The van der Waals surface area contributed by atoms with Gasteiger partial charge in [-0.05, 0) is 61.3 Å². The minimum atomic E-state index is 0.269. The second-order valence-electron chi connectivity index (χ2n) is 9.00. The minimum Gasteiger partial charge on any atom is -0.247 e. The van der Waals surface area contributed by atoms with E-state index in [1.165, 1.54) is 44.2 Å². The van der Waals surface area contributed by atoms with E-state index in [1.54, 1.807) is 0 Å². The number of hydrogen-bond donors (Lipinski definition) is 0. The van der Waals surface area contributed by atoms with E-state index in [4.69, 9.17) is 4.99 Å². The molecule has 1 aliphatic heterocycles. The van der Waals surface area contributed by atoms with Crippen LogP contribution in [0.5, 0.6) is 0 Å². The van der Waals surface area contributed by atoms with Gasteiger partial charge in [0, 0.05) is 16.5 Å². The first kappa shape index (κ1) is 17.0. The molecule has 1 heterocycles. The molecule has 1 aliphatic rings. The highest BCUT2D eigenvalue weighted by Crippen LogP contribution is 2.42. The fraction of sp³-hybridized carbons (Fsp3) is 0.320. The normalized spacial score (nSPS) is 13.4. The molecule has 3 aromatic carbocycles. The maximum Gasteiger partial charge on any atom is 0.0789 e. The van der Waals surface area contributed by atoms with Gasteiger partial charge in [0.05, 0.1) is 11.4 Å². The fourth-order valence-electron chi connectivity index (χ4n) is 4.16. The van der Waals surface area contributed by atoms with Crippen LogP contribution in [-0.2, 0) is 6.42 Å². The number of benzene rings is 3. The Bertz CT molecular complexity index is 1040. The molecule has 0 spiro atoms. The van der Waals surface area contributed by atoms with Crippen molar-refractivity contribution in [2.45, 2.75) is 48.0 Å². The van der Waals surface area contributed by atoms with E-state index in [1.807, 2.05) is 0 Å². The van der Waals surface area contributed by atoms with Crippen LogP contribution in [0.4, 0.5) is 5.69 Å². The standard InChI is InChI=1S/C25H27N/c1-15-11-16(2)13-19(12-15)24-21-10-8-18(14-25(4,5)6)20-9-7-17(3)23(26-24)22(20)21/h7-13H,14H2,1-6H3. The summed E-state index contributed by atoms with van der Waals surface area (Å²) < 4.78 is 0. The Kier molecular flexibility index (Phi) is 3.80. The molecule has 0 saturated heterocycles. The maximum absolute atomic E-state index is 5.10. The Labute approximate surface area is 156 Å². The number of hydrogen-bond acceptors (Lipinski definition) is 1. The molecule has 0 aromatic heterocycles. The van der Waals surface area contributed by atoms with Crippen molar-refractivity contribution in [3.8, 4) is 0 Å². The molecule has 1 heteroatoms. The Morgan fingerprint density at radius 2 is 1.54 bits per heavy atom. The largest absolute Gasteiger partial charge is 0.247 e. The van der Waals surface area contributed by atoms with Crippen LogP contribution in [0, 0.1) is 26.2 Å². The smallest absolute Gasteiger partial charge is 0.0789 e. The first-order valence-corrected chi connectivity index (χ1v) is 9.46. The lowest BCUT2D eigenvalue weighted by Crippen LogP contribution is -2.10. The summed E-state index contributed by atoms with van der Waals surface area (Å²) in [7, 11) is 0. The predicted molar refractivity (Wildman–Crippen MR) is 113 cm³/mol. The minimum absolute atomic E-state index is 0.269. The molecule has 0 unspecified atom stereocenters. The van der Waals surface area contributed by atoms with E-state index in [0.29, 0.717) is 0 Å². The predicted octanol–water partition coefficient (Wildman–Crippen LogP) is 6.84. The molecular formula is C25H27N.